The van der Waals surface area contributed by atoms with Gasteiger partial charge < -0.3 is 5.11 Å². The summed E-state index contributed by atoms with van der Waals surface area (Å²) in [4.78, 5) is 24.9. The fourth-order valence-electron chi connectivity index (χ4n) is 4.57. The fraction of sp³-hybridized carbons (Fsp3) is 0.632. The molecule has 3 unspecified atom stereocenters. The Hall–Kier alpha value is -1.95. The number of nitro benzene ring substituents is 1. The van der Waals surface area contributed by atoms with Crippen LogP contribution >= 0.6 is 0 Å². The van der Waals surface area contributed by atoms with Crippen LogP contribution in [0.3, 0.4) is 0 Å². The van der Waals surface area contributed by atoms with Gasteiger partial charge in [-0.3, -0.25) is 19.8 Å². The normalized spacial score (nSPS) is 26.6. The van der Waals surface area contributed by atoms with Gasteiger partial charge in [-0.1, -0.05) is 38.8 Å². The van der Waals surface area contributed by atoms with E-state index in [1.54, 1.807) is 6.07 Å². The molecule has 0 aromatic heterocycles. The lowest BCUT2D eigenvalue weighted by atomic mass is 9.84. The van der Waals surface area contributed by atoms with Crippen molar-refractivity contribution in [2.24, 2.45) is 5.92 Å². The van der Waals surface area contributed by atoms with Gasteiger partial charge in [0.25, 0.3) is 5.69 Å². The van der Waals surface area contributed by atoms with Crippen molar-refractivity contribution >= 4 is 11.7 Å². The Morgan fingerprint density at radius 2 is 2.08 bits per heavy atom. The number of benzene rings is 1. The van der Waals surface area contributed by atoms with E-state index in [1.165, 1.54) is 6.42 Å². The smallest absolute Gasteiger partial charge is 0.320 e. The van der Waals surface area contributed by atoms with Crippen molar-refractivity contribution in [3.63, 3.8) is 0 Å². The SMILES string of the molecule is CC(C)c1ccc(CN2C(C(=O)O)CC3CCCCC32)cc1[N+](=O)[O-]. The minimum absolute atomic E-state index is 0.0794. The molecule has 1 aliphatic carbocycles. The molecule has 1 heterocycles. The minimum atomic E-state index is -0.775. The van der Waals surface area contributed by atoms with Crippen LogP contribution in [0.15, 0.2) is 18.2 Å². The minimum Gasteiger partial charge on any atom is -0.480 e. The van der Waals surface area contributed by atoms with Gasteiger partial charge in [0.15, 0.2) is 0 Å². The van der Waals surface area contributed by atoms with E-state index >= 15 is 0 Å². The summed E-state index contributed by atoms with van der Waals surface area (Å²) >= 11 is 0. The van der Waals surface area contributed by atoms with Gasteiger partial charge in [-0.05, 0) is 36.7 Å². The summed E-state index contributed by atoms with van der Waals surface area (Å²) in [6.07, 6.45) is 5.14. The van der Waals surface area contributed by atoms with Gasteiger partial charge >= 0.3 is 5.97 Å². The van der Waals surface area contributed by atoms with E-state index in [-0.39, 0.29) is 16.5 Å². The van der Waals surface area contributed by atoms with Crippen LogP contribution in [0, 0.1) is 16.0 Å². The third-order valence-corrected chi connectivity index (χ3v) is 5.79. The molecule has 2 fully saturated rings. The quantitative estimate of drug-likeness (QED) is 0.645. The van der Waals surface area contributed by atoms with E-state index in [2.05, 4.69) is 4.90 Å². The zero-order valence-corrected chi connectivity index (χ0v) is 14.9. The second-order valence-electron chi connectivity index (χ2n) is 7.68. The molecule has 0 amide bonds. The van der Waals surface area contributed by atoms with Gasteiger partial charge in [-0.15, -0.1) is 0 Å². The molecule has 1 N–H and O–H groups in total. The Morgan fingerprint density at radius 3 is 2.72 bits per heavy atom. The predicted octanol–water partition coefficient (Wildman–Crippen LogP) is 3.94. The number of aliphatic carboxylic acids is 1. The molecular weight excluding hydrogens is 320 g/mol. The first-order valence-electron chi connectivity index (χ1n) is 9.14. The number of hydrogen-bond donors (Lipinski definition) is 1. The summed E-state index contributed by atoms with van der Waals surface area (Å²) in [6, 6.07) is 5.18. The lowest BCUT2D eigenvalue weighted by molar-refractivity contribution is -0.385. The van der Waals surface area contributed by atoms with Crippen LogP contribution in [0.5, 0.6) is 0 Å². The highest BCUT2D eigenvalue weighted by atomic mass is 16.6. The molecule has 1 aliphatic heterocycles. The van der Waals surface area contributed by atoms with Crippen molar-refractivity contribution in [3.8, 4) is 0 Å². The van der Waals surface area contributed by atoms with E-state index in [9.17, 15) is 20.0 Å². The van der Waals surface area contributed by atoms with Gasteiger partial charge in [-0.2, -0.15) is 0 Å². The molecule has 3 rings (SSSR count). The summed E-state index contributed by atoms with van der Waals surface area (Å²) < 4.78 is 0. The lowest BCUT2D eigenvalue weighted by Gasteiger charge is -2.33. The highest BCUT2D eigenvalue weighted by molar-refractivity contribution is 5.74. The number of fused-ring (bicyclic) bond motifs is 1. The van der Waals surface area contributed by atoms with E-state index in [1.807, 2.05) is 26.0 Å². The summed E-state index contributed by atoms with van der Waals surface area (Å²) in [5, 5.41) is 21.0. The van der Waals surface area contributed by atoms with Crippen molar-refractivity contribution in [3.05, 3.63) is 39.4 Å². The predicted molar refractivity (Wildman–Crippen MR) is 94.5 cm³/mol. The Kier molecular flexibility index (Phi) is 5.08. The average Bonchev–Trinajstić information content (AvgIpc) is 2.93. The summed E-state index contributed by atoms with van der Waals surface area (Å²) in [5.41, 5.74) is 1.69. The highest BCUT2D eigenvalue weighted by Crippen LogP contribution is 2.41. The van der Waals surface area contributed by atoms with Crippen molar-refractivity contribution in [2.75, 3.05) is 0 Å². The first-order valence-corrected chi connectivity index (χ1v) is 9.14. The molecule has 0 spiro atoms. The lowest BCUT2D eigenvalue weighted by Crippen LogP contribution is -2.41. The standard InChI is InChI=1S/C19H26N2O4/c1-12(2)15-8-7-13(9-17(15)21(24)25)11-20-16-6-4-3-5-14(16)10-18(20)19(22)23/h7-9,12,14,16,18H,3-6,10-11H2,1-2H3,(H,22,23). The molecule has 25 heavy (non-hydrogen) atoms. The molecule has 136 valence electrons. The number of rotatable bonds is 5. The van der Waals surface area contributed by atoms with E-state index in [0.29, 0.717) is 24.9 Å². The van der Waals surface area contributed by atoms with Crippen molar-refractivity contribution in [2.45, 2.75) is 70.5 Å². The van der Waals surface area contributed by atoms with Crippen LogP contribution in [0.2, 0.25) is 0 Å². The van der Waals surface area contributed by atoms with Crippen LogP contribution in [-0.2, 0) is 11.3 Å². The largest absolute Gasteiger partial charge is 0.480 e. The van der Waals surface area contributed by atoms with Crippen LogP contribution in [0.1, 0.15) is 63.0 Å². The molecule has 2 aliphatic rings. The summed E-state index contributed by atoms with van der Waals surface area (Å²) in [6.45, 7) is 4.35. The number of carboxylic acid groups (broad SMARTS) is 1. The van der Waals surface area contributed by atoms with Crippen molar-refractivity contribution < 1.29 is 14.8 Å². The van der Waals surface area contributed by atoms with Crippen molar-refractivity contribution in [1.82, 2.24) is 4.90 Å². The Labute approximate surface area is 148 Å². The number of carbonyl (C=O) groups is 1. The molecule has 1 saturated heterocycles. The number of nitro groups is 1. The van der Waals surface area contributed by atoms with Crippen LogP contribution in [-0.4, -0.2) is 33.0 Å². The molecular formula is C19H26N2O4. The maximum Gasteiger partial charge on any atom is 0.320 e. The van der Waals surface area contributed by atoms with Gasteiger partial charge in [-0.25, -0.2) is 0 Å². The first kappa shape index (κ1) is 17.9. The van der Waals surface area contributed by atoms with Crippen LogP contribution in [0.4, 0.5) is 5.69 Å². The van der Waals surface area contributed by atoms with Gasteiger partial charge in [0.1, 0.15) is 6.04 Å². The average molecular weight is 346 g/mol. The molecule has 1 aromatic rings. The Bertz CT molecular complexity index is 673. The third kappa shape index (κ3) is 3.54. The van der Waals surface area contributed by atoms with Crippen LogP contribution < -0.4 is 0 Å². The number of hydrogen-bond acceptors (Lipinski definition) is 4. The van der Waals surface area contributed by atoms with Crippen molar-refractivity contribution in [1.29, 1.82) is 0 Å². The molecule has 6 heteroatoms. The summed E-state index contributed by atoms with van der Waals surface area (Å²) in [5.74, 6) is -0.252. The second kappa shape index (κ2) is 7.12. The zero-order chi connectivity index (χ0) is 18.1. The molecule has 3 atom stereocenters. The van der Waals surface area contributed by atoms with E-state index in [4.69, 9.17) is 0 Å². The molecule has 1 saturated carbocycles. The fourth-order valence-corrected chi connectivity index (χ4v) is 4.57. The summed E-state index contributed by atoms with van der Waals surface area (Å²) in [7, 11) is 0. The Morgan fingerprint density at radius 1 is 1.36 bits per heavy atom. The molecule has 0 radical (unpaired) electrons. The maximum atomic E-state index is 11.7. The number of nitrogens with zero attached hydrogens (tertiary/aromatic N) is 2. The zero-order valence-electron chi connectivity index (χ0n) is 14.9. The van der Waals surface area contributed by atoms with E-state index in [0.717, 1.165) is 30.4 Å². The van der Waals surface area contributed by atoms with Crippen LogP contribution in [0.25, 0.3) is 0 Å². The molecule has 6 nitrogen and oxygen atoms in total. The maximum absolute atomic E-state index is 11.7. The monoisotopic (exact) mass is 346 g/mol. The van der Waals surface area contributed by atoms with Gasteiger partial charge in [0, 0.05) is 24.2 Å². The Balaban J connectivity index is 1.88. The number of carboxylic acids is 1. The van der Waals surface area contributed by atoms with Gasteiger partial charge in [0.05, 0.1) is 4.92 Å². The first-order chi connectivity index (χ1) is 11.9. The second-order valence-corrected chi connectivity index (χ2v) is 7.68. The number of likely N-dealkylation sites (tertiary alicyclic amines) is 1. The van der Waals surface area contributed by atoms with E-state index < -0.39 is 12.0 Å². The third-order valence-electron chi connectivity index (χ3n) is 5.79. The van der Waals surface area contributed by atoms with Gasteiger partial charge in [0.2, 0.25) is 0 Å². The molecule has 0 bridgehead atoms. The topological polar surface area (TPSA) is 83.7 Å². The highest BCUT2D eigenvalue weighted by Gasteiger charge is 2.45. The molecule has 1 aromatic carbocycles.